The summed E-state index contributed by atoms with van der Waals surface area (Å²) in [6.07, 6.45) is 2.24. The van der Waals surface area contributed by atoms with E-state index in [4.69, 9.17) is 0 Å². The molecule has 2 rings (SSSR count). The lowest BCUT2D eigenvalue weighted by Gasteiger charge is -2.31. The van der Waals surface area contributed by atoms with Crippen molar-refractivity contribution in [3.8, 4) is 0 Å². The van der Waals surface area contributed by atoms with Crippen molar-refractivity contribution in [2.24, 2.45) is 11.8 Å². The molecule has 2 unspecified atom stereocenters. The summed E-state index contributed by atoms with van der Waals surface area (Å²) < 4.78 is 0. The highest BCUT2D eigenvalue weighted by molar-refractivity contribution is 7.09. The van der Waals surface area contributed by atoms with Crippen LogP contribution < -0.4 is 5.32 Å². The number of rotatable bonds is 7. The van der Waals surface area contributed by atoms with E-state index in [1.165, 1.54) is 0 Å². The Hall–Kier alpha value is -0.980. The van der Waals surface area contributed by atoms with E-state index in [-0.39, 0.29) is 17.7 Å². The molecule has 0 aromatic carbocycles. The molecule has 0 radical (unpaired) electrons. The van der Waals surface area contributed by atoms with Crippen molar-refractivity contribution in [1.29, 1.82) is 0 Å². The fourth-order valence-corrected chi connectivity index (χ4v) is 3.49. The van der Waals surface area contributed by atoms with E-state index in [9.17, 15) is 9.90 Å². The molecule has 2 heterocycles. The molecule has 1 amide bonds. The lowest BCUT2D eigenvalue weighted by molar-refractivity contribution is -0.127. The zero-order valence-electron chi connectivity index (χ0n) is 14.4. The number of thiazole rings is 1. The Kier molecular flexibility index (Phi) is 6.99. The number of aryl methyl sites for hydroxylation is 1. The number of carbonyl (C=O) groups excluding carboxylic acids is 1. The van der Waals surface area contributed by atoms with Crippen molar-refractivity contribution >= 4 is 17.2 Å². The van der Waals surface area contributed by atoms with Gasteiger partial charge < -0.3 is 10.4 Å². The zero-order chi connectivity index (χ0) is 16.8. The summed E-state index contributed by atoms with van der Waals surface area (Å²) in [5, 5.41) is 16.1. The summed E-state index contributed by atoms with van der Waals surface area (Å²) in [5.74, 6) is 0.391. The maximum absolute atomic E-state index is 12.2. The molecule has 1 aliphatic rings. The van der Waals surface area contributed by atoms with E-state index < -0.39 is 6.10 Å². The molecule has 0 spiro atoms. The quantitative estimate of drug-likeness (QED) is 0.799. The molecule has 2 atom stereocenters. The van der Waals surface area contributed by atoms with Crippen molar-refractivity contribution in [3.63, 3.8) is 0 Å². The van der Waals surface area contributed by atoms with Gasteiger partial charge in [0.25, 0.3) is 0 Å². The second kappa shape index (κ2) is 8.76. The Morgan fingerprint density at radius 3 is 2.78 bits per heavy atom. The predicted octanol–water partition coefficient (Wildman–Crippen LogP) is 2.19. The molecule has 2 N–H and O–H groups in total. The van der Waals surface area contributed by atoms with Crippen LogP contribution in [0.15, 0.2) is 5.38 Å². The number of likely N-dealkylation sites (tertiary alicyclic amines) is 1. The van der Waals surface area contributed by atoms with Crippen LogP contribution in [0.1, 0.15) is 43.8 Å². The largest absolute Gasteiger partial charge is 0.391 e. The van der Waals surface area contributed by atoms with Crippen molar-refractivity contribution in [3.05, 3.63) is 16.1 Å². The Labute approximate surface area is 143 Å². The molecule has 0 bridgehead atoms. The highest BCUT2D eigenvalue weighted by Gasteiger charge is 2.25. The maximum Gasteiger partial charge on any atom is 0.223 e. The highest BCUT2D eigenvalue weighted by Crippen LogP contribution is 2.20. The molecule has 0 saturated carbocycles. The number of piperidine rings is 1. The van der Waals surface area contributed by atoms with Crippen LogP contribution in [0.2, 0.25) is 0 Å². The van der Waals surface area contributed by atoms with Gasteiger partial charge in [-0.15, -0.1) is 11.3 Å². The normalized spacial score (nSPS) is 19.5. The van der Waals surface area contributed by atoms with Gasteiger partial charge >= 0.3 is 0 Å². The molecular formula is C17H29N3O2S. The second-order valence-electron chi connectivity index (χ2n) is 6.61. The number of carbonyl (C=O) groups is 1. The van der Waals surface area contributed by atoms with Crippen molar-refractivity contribution in [2.45, 2.75) is 52.7 Å². The number of nitrogens with one attached hydrogen (secondary N) is 1. The molecule has 1 aliphatic heterocycles. The summed E-state index contributed by atoms with van der Waals surface area (Å²) in [6, 6.07) is 0. The third-order valence-corrected chi connectivity index (χ3v) is 5.62. The average molecular weight is 340 g/mol. The van der Waals surface area contributed by atoms with Crippen molar-refractivity contribution in [2.75, 3.05) is 19.6 Å². The van der Waals surface area contributed by atoms with Crippen LogP contribution in [0.25, 0.3) is 0 Å². The van der Waals surface area contributed by atoms with Crippen LogP contribution in [-0.2, 0) is 11.3 Å². The van der Waals surface area contributed by atoms with Gasteiger partial charge in [-0.3, -0.25) is 9.69 Å². The third kappa shape index (κ3) is 5.55. The standard InChI is InChI=1S/C17H29N3O2S/c1-4-12(2)16(21)9-18-17(22)14-5-7-20(8-6-14)10-15-11-23-13(3)19-15/h11-12,14,16,21H,4-10H2,1-3H3,(H,18,22). The van der Waals surface area contributed by atoms with E-state index in [0.29, 0.717) is 6.54 Å². The summed E-state index contributed by atoms with van der Waals surface area (Å²) in [7, 11) is 0. The van der Waals surface area contributed by atoms with Gasteiger partial charge in [-0.2, -0.15) is 0 Å². The van der Waals surface area contributed by atoms with Gasteiger partial charge in [0.2, 0.25) is 5.91 Å². The first-order valence-electron chi connectivity index (χ1n) is 8.58. The van der Waals surface area contributed by atoms with Gasteiger partial charge in [-0.05, 0) is 38.8 Å². The number of aliphatic hydroxyl groups excluding tert-OH is 1. The molecule has 6 heteroatoms. The second-order valence-corrected chi connectivity index (χ2v) is 7.67. The van der Waals surface area contributed by atoms with Crippen LogP contribution in [0, 0.1) is 18.8 Å². The predicted molar refractivity (Wildman–Crippen MR) is 93.3 cm³/mol. The van der Waals surface area contributed by atoms with Crippen LogP contribution >= 0.6 is 11.3 Å². The number of aromatic nitrogens is 1. The van der Waals surface area contributed by atoms with Gasteiger partial charge in [0.15, 0.2) is 0 Å². The Balaban J connectivity index is 1.70. The number of aliphatic hydroxyl groups is 1. The number of hydrogen-bond acceptors (Lipinski definition) is 5. The molecule has 5 nitrogen and oxygen atoms in total. The number of nitrogens with zero attached hydrogens (tertiary/aromatic N) is 2. The minimum absolute atomic E-state index is 0.0764. The summed E-state index contributed by atoms with van der Waals surface area (Å²) in [6.45, 7) is 9.20. The Morgan fingerprint density at radius 1 is 1.52 bits per heavy atom. The van der Waals surface area contributed by atoms with E-state index in [1.807, 2.05) is 13.8 Å². The fourth-order valence-electron chi connectivity index (χ4n) is 2.89. The number of amides is 1. The fraction of sp³-hybridized carbons (Fsp3) is 0.765. The minimum atomic E-state index is -0.447. The van der Waals surface area contributed by atoms with Crippen LogP contribution in [0.3, 0.4) is 0 Å². The molecule has 1 aromatic heterocycles. The van der Waals surface area contributed by atoms with Gasteiger partial charge in [0.1, 0.15) is 0 Å². The molecule has 0 aliphatic carbocycles. The lowest BCUT2D eigenvalue weighted by atomic mass is 9.95. The van der Waals surface area contributed by atoms with E-state index in [1.54, 1.807) is 11.3 Å². The zero-order valence-corrected chi connectivity index (χ0v) is 15.2. The van der Waals surface area contributed by atoms with Crippen molar-refractivity contribution in [1.82, 2.24) is 15.2 Å². The van der Waals surface area contributed by atoms with E-state index >= 15 is 0 Å². The van der Waals surface area contributed by atoms with Crippen LogP contribution in [0.5, 0.6) is 0 Å². The molecule has 1 aromatic rings. The molecule has 130 valence electrons. The average Bonchev–Trinajstić information content (AvgIpc) is 2.97. The third-order valence-electron chi connectivity index (χ3n) is 4.80. The molecule has 1 saturated heterocycles. The number of hydrogen-bond donors (Lipinski definition) is 2. The first-order chi connectivity index (χ1) is 11.0. The van der Waals surface area contributed by atoms with Gasteiger partial charge in [0, 0.05) is 24.4 Å². The van der Waals surface area contributed by atoms with Crippen LogP contribution in [0.4, 0.5) is 0 Å². The maximum atomic E-state index is 12.2. The topological polar surface area (TPSA) is 65.5 Å². The highest BCUT2D eigenvalue weighted by atomic mass is 32.1. The Bertz CT molecular complexity index is 498. The van der Waals surface area contributed by atoms with Crippen molar-refractivity contribution < 1.29 is 9.90 Å². The summed E-state index contributed by atoms with van der Waals surface area (Å²) >= 11 is 1.69. The van der Waals surface area contributed by atoms with Crippen LogP contribution in [-0.4, -0.2) is 46.6 Å². The van der Waals surface area contributed by atoms with Gasteiger partial charge in [-0.25, -0.2) is 4.98 Å². The monoisotopic (exact) mass is 339 g/mol. The molecule has 1 fully saturated rings. The SMILES string of the molecule is CCC(C)C(O)CNC(=O)C1CCN(Cc2csc(C)n2)CC1. The molecular weight excluding hydrogens is 310 g/mol. The summed E-state index contributed by atoms with van der Waals surface area (Å²) in [4.78, 5) is 19.1. The smallest absolute Gasteiger partial charge is 0.223 e. The lowest BCUT2D eigenvalue weighted by Crippen LogP contribution is -2.43. The van der Waals surface area contributed by atoms with Gasteiger partial charge in [-0.1, -0.05) is 20.3 Å². The molecule has 23 heavy (non-hydrogen) atoms. The first kappa shape index (κ1) is 18.4. The minimum Gasteiger partial charge on any atom is -0.391 e. The van der Waals surface area contributed by atoms with E-state index in [2.05, 4.69) is 27.5 Å². The van der Waals surface area contributed by atoms with E-state index in [0.717, 1.165) is 49.6 Å². The van der Waals surface area contributed by atoms with Gasteiger partial charge in [0.05, 0.1) is 16.8 Å². The first-order valence-corrected chi connectivity index (χ1v) is 9.46. The Morgan fingerprint density at radius 2 is 2.22 bits per heavy atom. The summed E-state index contributed by atoms with van der Waals surface area (Å²) in [5.41, 5.74) is 1.13.